The molecule has 10 heteroatoms. The van der Waals surface area contributed by atoms with E-state index < -0.39 is 23.9 Å². The molecule has 2 aromatic carbocycles. The third kappa shape index (κ3) is 9.00. The Labute approximate surface area is 195 Å². The Balaban J connectivity index is 0.000000256. The van der Waals surface area contributed by atoms with E-state index >= 15 is 0 Å². The van der Waals surface area contributed by atoms with Crippen LogP contribution >= 0.6 is 0 Å². The van der Waals surface area contributed by atoms with Gasteiger partial charge in [-0.1, -0.05) is 19.3 Å². The average molecular weight is 476 g/mol. The van der Waals surface area contributed by atoms with E-state index in [0.29, 0.717) is 0 Å². The molecule has 0 atom stereocenters. The van der Waals surface area contributed by atoms with Crippen LogP contribution in [-0.2, 0) is 0 Å². The van der Waals surface area contributed by atoms with Crippen molar-refractivity contribution in [3.63, 3.8) is 0 Å². The molecule has 0 spiro atoms. The topological polar surface area (TPSA) is 190 Å². The summed E-state index contributed by atoms with van der Waals surface area (Å²) in [7, 11) is 0. The van der Waals surface area contributed by atoms with Crippen LogP contribution < -0.4 is 0 Å². The maximum absolute atomic E-state index is 10.3. The summed E-state index contributed by atoms with van der Waals surface area (Å²) in [6.07, 6.45) is 5.60. The Bertz CT molecular complexity index is 819. The van der Waals surface area contributed by atoms with Crippen molar-refractivity contribution in [2.75, 3.05) is 13.2 Å². The molecule has 0 saturated heterocycles. The fraction of sp³-hybridized carbons (Fsp3) is 0.333. The highest BCUT2D eigenvalue weighted by atomic mass is 16.4. The highest BCUT2D eigenvalue weighted by Crippen LogP contribution is 2.34. The Morgan fingerprint density at radius 3 is 0.912 bits per heavy atom. The lowest BCUT2D eigenvalue weighted by Gasteiger charge is -2.33. The summed E-state index contributed by atoms with van der Waals surface area (Å²) in [4.78, 5) is 41.3. The molecule has 10 nitrogen and oxygen atoms in total. The van der Waals surface area contributed by atoms with Crippen molar-refractivity contribution in [2.45, 2.75) is 32.1 Å². The summed E-state index contributed by atoms with van der Waals surface area (Å²) in [5.74, 6) is -4.25. The first-order chi connectivity index (χ1) is 16.0. The summed E-state index contributed by atoms with van der Waals surface area (Å²) in [5, 5.41) is 51.8. The zero-order valence-electron chi connectivity index (χ0n) is 18.4. The number of benzene rings is 2. The summed E-state index contributed by atoms with van der Waals surface area (Å²) >= 11 is 0. The lowest BCUT2D eigenvalue weighted by Crippen LogP contribution is -2.31. The van der Waals surface area contributed by atoms with Gasteiger partial charge in [0.25, 0.3) is 0 Å². The lowest BCUT2D eigenvalue weighted by atomic mass is 9.75. The van der Waals surface area contributed by atoms with Gasteiger partial charge in [-0.3, -0.25) is 0 Å². The maximum Gasteiger partial charge on any atom is 0.335 e. The molecule has 0 bridgehead atoms. The number of aliphatic hydroxyl groups is 2. The molecule has 184 valence electrons. The van der Waals surface area contributed by atoms with E-state index in [0.717, 1.165) is 12.8 Å². The standard InChI is InChI=1S/2C8H6O4.C8H16O2/c2*9-7(10)5-1-2-6(4-3-5)8(11)12;9-6-8(7-10)4-2-1-3-5-8/h2*1-4H,(H,9,10)(H,11,12);9-10H,1-7H2. The summed E-state index contributed by atoms with van der Waals surface area (Å²) in [5.41, 5.74) is 0.207. The number of carboxylic acid groups (broad SMARTS) is 4. The second-order valence-corrected chi connectivity index (χ2v) is 7.75. The Kier molecular flexibility index (Phi) is 11.4. The Morgan fingerprint density at radius 1 is 0.529 bits per heavy atom. The average Bonchev–Trinajstić information content (AvgIpc) is 2.85. The van der Waals surface area contributed by atoms with Crippen molar-refractivity contribution in [3.8, 4) is 0 Å². The number of rotatable bonds is 6. The van der Waals surface area contributed by atoms with Crippen molar-refractivity contribution in [1.82, 2.24) is 0 Å². The van der Waals surface area contributed by atoms with Crippen molar-refractivity contribution in [2.24, 2.45) is 5.41 Å². The van der Waals surface area contributed by atoms with Gasteiger partial charge in [0.15, 0.2) is 0 Å². The minimum Gasteiger partial charge on any atom is -0.478 e. The van der Waals surface area contributed by atoms with Crippen LogP contribution in [0.3, 0.4) is 0 Å². The molecule has 0 amide bonds. The smallest absolute Gasteiger partial charge is 0.335 e. The van der Waals surface area contributed by atoms with E-state index in [1.165, 1.54) is 67.8 Å². The molecular weight excluding hydrogens is 448 g/mol. The minimum absolute atomic E-state index is 0.0833. The van der Waals surface area contributed by atoms with E-state index in [1.54, 1.807) is 0 Å². The molecule has 0 radical (unpaired) electrons. The minimum atomic E-state index is -1.06. The largest absolute Gasteiger partial charge is 0.478 e. The number of carboxylic acids is 4. The molecule has 0 aliphatic heterocycles. The van der Waals surface area contributed by atoms with Crippen LogP contribution in [0.5, 0.6) is 0 Å². The molecule has 1 aliphatic rings. The molecular formula is C24H28O10. The number of aliphatic hydroxyl groups excluding tert-OH is 2. The molecule has 1 fully saturated rings. The van der Waals surface area contributed by atoms with Gasteiger partial charge < -0.3 is 30.6 Å². The van der Waals surface area contributed by atoms with Gasteiger partial charge in [-0.05, 0) is 61.4 Å². The van der Waals surface area contributed by atoms with Gasteiger partial charge in [0.05, 0.1) is 35.5 Å². The predicted octanol–water partition coefficient (Wildman–Crippen LogP) is 3.09. The first-order valence-electron chi connectivity index (χ1n) is 10.4. The second-order valence-electron chi connectivity index (χ2n) is 7.75. The van der Waals surface area contributed by atoms with Crippen LogP contribution in [0.1, 0.15) is 73.5 Å². The van der Waals surface area contributed by atoms with E-state index in [2.05, 4.69) is 0 Å². The molecule has 0 unspecified atom stereocenters. The highest BCUT2D eigenvalue weighted by molar-refractivity contribution is 5.92. The van der Waals surface area contributed by atoms with Crippen LogP contribution in [0.2, 0.25) is 0 Å². The summed E-state index contributed by atoms with van der Waals surface area (Å²) in [6, 6.07) is 10.0. The SMILES string of the molecule is O=C(O)c1ccc(C(=O)O)cc1.O=C(O)c1ccc(C(=O)O)cc1.OCC1(CO)CCCCC1. The molecule has 2 aromatic rings. The summed E-state index contributed by atoms with van der Waals surface area (Å²) in [6.45, 7) is 0.312. The van der Waals surface area contributed by atoms with Gasteiger partial charge in [-0.2, -0.15) is 0 Å². The van der Waals surface area contributed by atoms with Gasteiger partial charge in [0.2, 0.25) is 0 Å². The van der Waals surface area contributed by atoms with Crippen molar-refractivity contribution < 1.29 is 49.8 Å². The van der Waals surface area contributed by atoms with Crippen molar-refractivity contribution in [3.05, 3.63) is 70.8 Å². The van der Waals surface area contributed by atoms with Crippen LogP contribution in [0.15, 0.2) is 48.5 Å². The molecule has 1 aliphatic carbocycles. The number of hydrogen-bond donors (Lipinski definition) is 6. The maximum atomic E-state index is 10.3. The van der Waals surface area contributed by atoms with Crippen LogP contribution in [0.25, 0.3) is 0 Å². The third-order valence-corrected chi connectivity index (χ3v) is 5.34. The van der Waals surface area contributed by atoms with Crippen molar-refractivity contribution in [1.29, 1.82) is 0 Å². The van der Waals surface area contributed by atoms with Crippen LogP contribution in [0, 0.1) is 5.41 Å². The van der Waals surface area contributed by atoms with E-state index in [9.17, 15) is 19.2 Å². The predicted molar refractivity (Wildman–Crippen MR) is 120 cm³/mol. The highest BCUT2D eigenvalue weighted by Gasteiger charge is 2.30. The van der Waals surface area contributed by atoms with Gasteiger partial charge >= 0.3 is 23.9 Å². The van der Waals surface area contributed by atoms with E-state index in [4.69, 9.17) is 30.6 Å². The quantitative estimate of drug-likeness (QED) is 0.361. The zero-order chi connectivity index (χ0) is 25.7. The molecule has 0 aromatic heterocycles. The Hall–Kier alpha value is -3.76. The monoisotopic (exact) mass is 476 g/mol. The first kappa shape index (κ1) is 28.3. The van der Waals surface area contributed by atoms with E-state index in [-0.39, 0.29) is 40.9 Å². The van der Waals surface area contributed by atoms with Crippen molar-refractivity contribution >= 4 is 23.9 Å². The normalized spacial score (nSPS) is 13.8. The lowest BCUT2D eigenvalue weighted by molar-refractivity contribution is 0.0234. The molecule has 0 heterocycles. The Morgan fingerprint density at radius 2 is 0.765 bits per heavy atom. The second kappa shape index (κ2) is 13.7. The summed E-state index contributed by atoms with van der Waals surface area (Å²) < 4.78 is 0. The van der Waals surface area contributed by atoms with E-state index in [1.807, 2.05) is 0 Å². The van der Waals surface area contributed by atoms with Gasteiger partial charge in [-0.25, -0.2) is 19.2 Å². The van der Waals surface area contributed by atoms with Crippen LogP contribution in [-0.4, -0.2) is 67.7 Å². The van der Waals surface area contributed by atoms with Gasteiger partial charge in [0.1, 0.15) is 0 Å². The molecule has 34 heavy (non-hydrogen) atoms. The van der Waals surface area contributed by atoms with Gasteiger partial charge in [0, 0.05) is 5.41 Å². The number of hydrogen-bond acceptors (Lipinski definition) is 6. The molecule has 6 N–H and O–H groups in total. The number of carbonyl (C=O) groups is 4. The van der Waals surface area contributed by atoms with Crippen LogP contribution in [0.4, 0.5) is 0 Å². The van der Waals surface area contributed by atoms with Gasteiger partial charge in [-0.15, -0.1) is 0 Å². The number of aromatic carboxylic acids is 4. The fourth-order valence-corrected chi connectivity index (χ4v) is 3.18. The third-order valence-electron chi connectivity index (χ3n) is 5.34. The molecule has 1 saturated carbocycles. The first-order valence-corrected chi connectivity index (χ1v) is 10.4. The molecule has 3 rings (SSSR count). The zero-order valence-corrected chi connectivity index (χ0v) is 18.4. The fourth-order valence-electron chi connectivity index (χ4n) is 3.18.